The Morgan fingerprint density at radius 2 is 1.93 bits per heavy atom. The maximum Gasteiger partial charge on any atom is 0.417 e. The van der Waals surface area contributed by atoms with Gasteiger partial charge in [-0.1, -0.05) is 6.07 Å². The molecule has 0 saturated carbocycles. The minimum Gasteiger partial charge on any atom is -0.447 e. The molecule has 2 aromatic heterocycles. The number of nitriles is 1. The van der Waals surface area contributed by atoms with E-state index in [0.29, 0.717) is 54.8 Å². The molecule has 3 aromatic rings. The first-order chi connectivity index (χ1) is 19.2. The summed E-state index contributed by atoms with van der Waals surface area (Å²) < 4.78 is 10.7. The highest BCUT2D eigenvalue weighted by atomic mass is 16.6. The molecule has 2 aliphatic rings. The minimum atomic E-state index is -0.824. The summed E-state index contributed by atoms with van der Waals surface area (Å²) in [5, 5.41) is 12.4. The van der Waals surface area contributed by atoms with E-state index in [1.807, 2.05) is 38.1 Å². The molecule has 2 aliphatic heterocycles. The first-order valence-corrected chi connectivity index (χ1v) is 13.1. The number of nitrogens with zero attached hydrogens (tertiary/aromatic N) is 6. The van der Waals surface area contributed by atoms with Gasteiger partial charge in [-0.3, -0.25) is 9.78 Å². The van der Waals surface area contributed by atoms with Crippen LogP contribution in [-0.4, -0.2) is 65.9 Å². The Morgan fingerprint density at radius 3 is 2.62 bits per heavy atom. The molecule has 1 aromatic carbocycles. The van der Waals surface area contributed by atoms with Crippen LogP contribution >= 0.6 is 0 Å². The number of amides is 2. The molecule has 0 spiro atoms. The summed E-state index contributed by atoms with van der Waals surface area (Å²) in [6, 6.07) is 12.7. The van der Waals surface area contributed by atoms with Crippen LogP contribution in [0, 0.1) is 18.3 Å². The van der Waals surface area contributed by atoms with Crippen molar-refractivity contribution in [2.75, 3.05) is 48.0 Å². The van der Waals surface area contributed by atoms with Crippen LogP contribution < -0.4 is 15.1 Å². The van der Waals surface area contributed by atoms with Gasteiger partial charge < -0.3 is 19.7 Å². The maximum absolute atomic E-state index is 13.2. The lowest BCUT2D eigenvalue weighted by Gasteiger charge is -2.29. The number of aryl methyl sites for hydroxylation is 1. The molecule has 1 atom stereocenters. The number of hydrogen-bond donors (Lipinski definition) is 1. The van der Waals surface area contributed by atoms with Gasteiger partial charge >= 0.3 is 6.09 Å². The van der Waals surface area contributed by atoms with Crippen molar-refractivity contribution in [2.24, 2.45) is 0 Å². The Labute approximate surface area is 232 Å². The third-order valence-electron chi connectivity index (χ3n) is 7.05. The zero-order valence-corrected chi connectivity index (χ0v) is 23.0. The molecule has 206 valence electrons. The van der Waals surface area contributed by atoms with E-state index in [0.717, 1.165) is 11.1 Å². The smallest absolute Gasteiger partial charge is 0.417 e. The maximum atomic E-state index is 13.2. The lowest BCUT2D eigenvalue weighted by atomic mass is 9.90. The molecule has 0 aliphatic carbocycles. The normalized spacial score (nSPS) is 17.4. The highest BCUT2D eigenvalue weighted by Gasteiger charge is 2.34. The second kappa shape index (κ2) is 10.9. The Bertz CT molecular complexity index is 1490. The predicted octanol–water partition coefficient (Wildman–Crippen LogP) is 4.08. The number of nitrogens with one attached hydrogen (secondary N) is 1. The Morgan fingerprint density at radius 1 is 1.15 bits per heavy atom. The first kappa shape index (κ1) is 27.0. The standard InChI is InChI=1S/C29H31N7O4/c1-18-5-6-21(32-26(37)20-7-8-31-24(13-20)29(3,4)17-30)14-22(18)23-15-25(35-9-11-39-12-10-35)34-27(33-23)36-19(2)16-40-28(36)38/h5-8,13-15,19H,9-12,16H2,1-4H3,(H,32,37). The average molecular weight is 542 g/mol. The molecular formula is C29H31N7O4. The van der Waals surface area contributed by atoms with Crippen LogP contribution in [0.15, 0.2) is 42.6 Å². The fraction of sp³-hybridized carbons (Fsp3) is 0.379. The number of anilines is 3. The summed E-state index contributed by atoms with van der Waals surface area (Å²) >= 11 is 0. The number of aromatic nitrogens is 3. The molecule has 40 heavy (non-hydrogen) atoms. The van der Waals surface area contributed by atoms with Crippen LogP contribution in [0.4, 0.5) is 22.2 Å². The fourth-order valence-corrected chi connectivity index (χ4v) is 4.57. The number of ether oxygens (including phenoxy) is 2. The number of carbonyl (C=O) groups excluding carboxylic acids is 2. The van der Waals surface area contributed by atoms with Crippen LogP contribution in [0.3, 0.4) is 0 Å². The van der Waals surface area contributed by atoms with Crippen LogP contribution in [0.1, 0.15) is 42.4 Å². The molecule has 2 saturated heterocycles. The van der Waals surface area contributed by atoms with E-state index in [-0.39, 0.29) is 24.5 Å². The Kier molecular flexibility index (Phi) is 7.36. The van der Waals surface area contributed by atoms with E-state index in [1.165, 1.54) is 11.1 Å². The number of morpholine rings is 1. The monoisotopic (exact) mass is 541 g/mol. The van der Waals surface area contributed by atoms with Crippen molar-refractivity contribution in [3.8, 4) is 17.3 Å². The lowest BCUT2D eigenvalue weighted by Crippen LogP contribution is -2.38. The van der Waals surface area contributed by atoms with Crippen molar-refractivity contribution >= 4 is 29.5 Å². The molecule has 1 unspecified atom stereocenters. The van der Waals surface area contributed by atoms with Crippen LogP contribution in [0.5, 0.6) is 0 Å². The number of carbonyl (C=O) groups is 2. The predicted molar refractivity (Wildman–Crippen MR) is 149 cm³/mol. The zero-order chi connectivity index (χ0) is 28.4. The van der Waals surface area contributed by atoms with Crippen molar-refractivity contribution in [3.63, 3.8) is 0 Å². The molecule has 5 rings (SSSR count). The summed E-state index contributed by atoms with van der Waals surface area (Å²) in [6.07, 6.45) is 1.05. The van der Waals surface area contributed by atoms with Crippen molar-refractivity contribution in [1.82, 2.24) is 15.0 Å². The second-order valence-electron chi connectivity index (χ2n) is 10.5. The van der Waals surface area contributed by atoms with Crippen molar-refractivity contribution in [3.05, 3.63) is 59.4 Å². The van der Waals surface area contributed by atoms with Gasteiger partial charge in [0.15, 0.2) is 0 Å². The quantitative estimate of drug-likeness (QED) is 0.490. The Balaban J connectivity index is 1.50. The van der Waals surface area contributed by atoms with E-state index < -0.39 is 11.5 Å². The fourth-order valence-electron chi connectivity index (χ4n) is 4.57. The number of rotatable bonds is 6. The molecule has 1 N–H and O–H groups in total. The summed E-state index contributed by atoms with van der Waals surface area (Å²) in [6.45, 7) is 10.1. The van der Waals surface area contributed by atoms with Crippen LogP contribution in [0.2, 0.25) is 0 Å². The van der Waals surface area contributed by atoms with Gasteiger partial charge in [0, 0.05) is 42.2 Å². The number of cyclic esters (lactones) is 1. The summed E-state index contributed by atoms with van der Waals surface area (Å²) in [4.78, 5) is 43.0. The zero-order valence-electron chi connectivity index (χ0n) is 23.0. The summed E-state index contributed by atoms with van der Waals surface area (Å²) in [5.41, 5.74) is 3.02. The van der Waals surface area contributed by atoms with E-state index in [9.17, 15) is 14.9 Å². The lowest BCUT2D eigenvalue weighted by molar-refractivity contribution is 0.102. The SMILES string of the molecule is Cc1ccc(NC(=O)c2ccnc(C(C)(C)C#N)c2)cc1-c1cc(N2CCOCC2)nc(N2C(=O)OCC2C)n1. The molecule has 0 bridgehead atoms. The molecule has 4 heterocycles. The van der Waals surface area contributed by atoms with Crippen LogP contribution in [0.25, 0.3) is 11.3 Å². The number of pyridine rings is 1. The highest BCUT2D eigenvalue weighted by Crippen LogP contribution is 2.31. The van der Waals surface area contributed by atoms with Gasteiger partial charge in [0.1, 0.15) is 12.4 Å². The minimum absolute atomic E-state index is 0.205. The van der Waals surface area contributed by atoms with Crippen LogP contribution in [-0.2, 0) is 14.9 Å². The Hall–Kier alpha value is -4.56. The largest absolute Gasteiger partial charge is 0.447 e. The topological polar surface area (TPSA) is 134 Å². The molecule has 11 heteroatoms. The summed E-state index contributed by atoms with van der Waals surface area (Å²) in [5.74, 6) is 0.638. The summed E-state index contributed by atoms with van der Waals surface area (Å²) in [7, 11) is 0. The van der Waals surface area contributed by atoms with E-state index >= 15 is 0 Å². The van der Waals surface area contributed by atoms with Gasteiger partial charge in [-0.15, -0.1) is 0 Å². The van der Waals surface area contributed by atoms with Gasteiger partial charge in [-0.05, 0) is 57.5 Å². The molecule has 2 amide bonds. The number of hydrogen-bond acceptors (Lipinski definition) is 9. The van der Waals surface area contributed by atoms with Gasteiger partial charge in [0.25, 0.3) is 5.91 Å². The average Bonchev–Trinajstić information content (AvgIpc) is 3.31. The van der Waals surface area contributed by atoms with E-state index in [4.69, 9.17) is 19.4 Å². The van der Waals surface area contributed by atoms with Gasteiger partial charge in [0.2, 0.25) is 5.95 Å². The first-order valence-electron chi connectivity index (χ1n) is 13.1. The van der Waals surface area contributed by atoms with Gasteiger partial charge in [0.05, 0.1) is 42.1 Å². The van der Waals surface area contributed by atoms with Gasteiger partial charge in [-0.25, -0.2) is 14.7 Å². The third-order valence-corrected chi connectivity index (χ3v) is 7.05. The molecule has 11 nitrogen and oxygen atoms in total. The molecular weight excluding hydrogens is 510 g/mol. The van der Waals surface area contributed by atoms with E-state index in [1.54, 1.807) is 26.0 Å². The number of benzene rings is 1. The van der Waals surface area contributed by atoms with Crippen molar-refractivity contribution in [2.45, 2.75) is 39.2 Å². The van der Waals surface area contributed by atoms with Gasteiger partial charge in [-0.2, -0.15) is 10.2 Å². The van der Waals surface area contributed by atoms with Crippen molar-refractivity contribution < 1.29 is 19.1 Å². The molecule has 2 fully saturated rings. The van der Waals surface area contributed by atoms with E-state index in [2.05, 4.69) is 21.3 Å². The second-order valence-corrected chi connectivity index (χ2v) is 10.5. The van der Waals surface area contributed by atoms with Crippen molar-refractivity contribution in [1.29, 1.82) is 5.26 Å². The molecule has 0 radical (unpaired) electrons. The third kappa shape index (κ3) is 5.44. The highest BCUT2D eigenvalue weighted by molar-refractivity contribution is 6.04.